The molecule has 0 aliphatic carbocycles. The second-order valence-corrected chi connectivity index (χ2v) is 4.47. The molecular weight excluding hydrogens is 246 g/mol. The SMILES string of the molecule is C#CCN(C)C(=O)NC1CCN(C(=O)OCC)CC1. The molecule has 1 heterocycles. The normalized spacial score (nSPS) is 15.5. The fourth-order valence-electron chi connectivity index (χ4n) is 1.91. The number of nitrogens with zero attached hydrogens (tertiary/aromatic N) is 2. The number of terminal acetylenes is 1. The number of rotatable bonds is 3. The molecule has 0 aromatic rings. The zero-order valence-electron chi connectivity index (χ0n) is 11.5. The summed E-state index contributed by atoms with van der Waals surface area (Å²) in [4.78, 5) is 26.4. The number of hydrogen-bond acceptors (Lipinski definition) is 3. The average Bonchev–Trinajstić information content (AvgIpc) is 2.40. The van der Waals surface area contributed by atoms with Crippen LogP contribution in [0.3, 0.4) is 0 Å². The molecule has 106 valence electrons. The summed E-state index contributed by atoms with van der Waals surface area (Å²) in [5, 5.41) is 2.91. The zero-order chi connectivity index (χ0) is 14.3. The zero-order valence-corrected chi connectivity index (χ0v) is 11.5. The van der Waals surface area contributed by atoms with Gasteiger partial charge in [-0.2, -0.15) is 0 Å². The molecule has 0 atom stereocenters. The number of hydrogen-bond donors (Lipinski definition) is 1. The lowest BCUT2D eigenvalue weighted by molar-refractivity contribution is 0.0953. The number of urea groups is 1. The van der Waals surface area contributed by atoms with Gasteiger partial charge in [0, 0.05) is 26.2 Å². The van der Waals surface area contributed by atoms with Crippen LogP contribution in [0, 0.1) is 12.3 Å². The molecule has 1 saturated heterocycles. The van der Waals surface area contributed by atoms with Crippen LogP contribution in [0.1, 0.15) is 19.8 Å². The lowest BCUT2D eigenvalue weighted by Gasteiger charge is -2.32. The summed E-state index contributed by atoms with van der Waals surface area (Å²) >= 11 is 0. The molecule has 1 rings (SSSR count). The first-order valence-electron chi connectivity index (χ1n) is 6.45. The molecule has 1 fully saturated rings. The summed E-state index contributed by atoms with van der Waals surface area (Å²) in [7, 11) is 1.66. The van der Waals surface area contributed by atoms with E-state index in [1.54, 1.807) is 18.9 Å². The van der Waals surface area contributed by atoms with Crippen molar-refractivity contribution < 1.29 is 14.3 Å². The van der Waals surface area contributed by atoms with Crippen molar-refractivity contribution in [3.05, 3.63) is 0 Å². The van der Waals surface area contributed by atoms with Gasteiger partial charge in [0.25, 0.3) is 0 Å². The predicted octanol–water partition coefficient (Wildman–Crippen LogP) is 0.882. The van der Waals surface area contributed by atoms with Crippen LogP contribution in [0.15, 0.2) is 0 Å². The lowest BCUT2D eigenvalue weighted by Crippen LogP contribution is -2.49. The highest BCUT2D eigenvalue weighted by Crippen LogP contribution is 2.11. The first-order chi connectivity index (χ1) is 9.08. The van der Waals surface area contributed by atoms with Crippen LogP contribution in [0.2, 0.25) is 0 Å². The molecule has 0 aromatic heterocycles. The topological polar surface area (TPSA) is 61.9 Å². The number of piperidine rings is 1. The van der Waals surface area contributed by atoms with E-state index in [1.807, 2.05) is 0 Å². The largest absolute Gasteiger partial charge is 0.450 e. The number of nitrogens with one attached hydrogen (secondary N) is 1. The van der Waals surface area contributed by atoms with E-state index in [1.165, 1.54) is 4.90 Å². The van der Waals surface area contributed by atoms with Crippen molar-refractivity contribution >= 4 is 12.1 Å². The standard InChI is InChI=1S/C13H21N3O3/c1-4-8-15(3)12(17)14-11-6-9-16(10-7-11)13(18)19-5-2/h1,11H,5-10H2,2-3H3,(H,14,17). The Morgan fingerprint density at radius 3 is 2.63 bits per heavy atom. The van der Waals surface area contributed by atoms with Gasteiger partial charge in [0.05, 0.1) is 13.2 Å². The number of likely N-dealkylation sites (tertiary alicyclic amines) is 1. The molecule has 6 nitrogen and oxygen atoms in total. The summed E-state index contributed by atoms with van der Waals surface area (Å²) in [6.45, 7) is 3.65. The van der Waals surface area contributed by atoms with E-state index in [4.69, 9.17) is 11.2 Å². The second-order valence-electron chi connectivity index (χ2n) is 4.47. The highest BCUT2D eigenvalue weighted by Gasteiger charge is 2.25. The van der Waals surface area contributed by atoms with Crippen molar-refractivity contribution in [2.75, 3.05) is 33.3 Å². The van der Waals surface area contributed by atoms with E-state index < -0.39 is 0 Å². The smallest absolute Gasteiger partial charge is 0.409 e. The van der Waals surface area contributed by atoms with Crippen molar-refractivity contribution in [3.8, 4) is 12.3 Å². The Hall–Kier alpha value is -1.90. The molecular formula is C13H21N3O3. The van der Waals surface area contributed by atoms with E-state index in [0.717, 1.165) is 12.8 Å². The highest BCUT2D eigenvalue weighted by atomic mass is 16.6. The maximum atomic E-state index is 11.7. The third kappa shape index (κ3) is 4.70. The van der Waals surface area contributed by atoms with E-state index >= 15 is 0 Å². The van der Waals surface area contributed by atoms with Gasteiger partial charge in [0.15, 0.2) is 0 Å². The number of amides is 3. The van der Waals surface area contributed by atoms with Crippen molar-refractivity contribution in [1.82, 2.24) is 15.1 Å². The van der Waals surface area contributed by atoms with Gasteiger partial charge in [-0.05, 0) is 19.8 Å². The summed E-state index contributed by atoms with van der Waals surface area (Å²) in [5.74, 6) is 2.42. The molecule has 19 heavy (non-hydrogen) atoms. The fraction of sp³-hybridized carbons (Fsp3) is 0.692. The molecule has 0 radical (unpaired) electrons. The lowest BCUT2D eigenvalue weighted by atomic mass is 10.1. The van der Waals surface area contributed by atoms with Gasteiger partial charge in [-0.15, -0.1) is 6.42 Å². The molecule has 6 heteroatoms. The van der Waals surface area contributed by atoms with E-state index in [9.17, 15) is 9.59 Å². The van der Waals surface area contributed by atoms with E-state index in [2.05, 4.69) is 11.2 Å². The van der Waals surface area contributed by atoms with Crippen LogP contribution in [0.25, 0.3) is 0 Å². The molecule has 0 saturated carbocycles. The monoisotopic (exact) mass is 267 g/mol. The molecule has 3 amide bonds. The van der Waals surface area contributed by atoms with Crippen LogP contribution in [-0.4, -0.2) is 61.3 Å². The van der Waals surface area contributed by atoms with Crippen LogP contribution in [0.5, 0.6) is 0 Å². The Balaban J connectivity index is 2.32. The van der Waals surface area contributed by atoms with Gasteiger partial charge in [-0.3, -0.25) is 0 Å². The second kappa shape index (κ2) is 7.52. The van der Waals surface area contributed by atoms with Crippen LogP contribution in [0.4, 0.5) is 9.59 Å². The fourth-order valence-corrected chi connectivity index (χ4v) is 1.91. The quantitative estimate of drug-likeness (QED) is 0.772. The van der Waals surface area contributed by atoms with Crippen molar-refractivity contribution in [2.45, 2.75) is 25.8 Å². The summed E-state index contributed by atoms with van der Waals surface area (Å²) < 4.78 is 4.94. The molecule has 1 aliphatic rings. The van der Waals surface area contributed by atoms with Gasteiger partial charge in [0.2, 0.25) is 0 Å². The summed E-state index contributed by atoms with van der Waals surface area (Å²) in [6, 6.07) is -0.0917. The minimum absolute atomic E-state index is 0.0819. The Kier molecular flexibility index (Phi) is 6.00. The Morgan fingerprint density at radius 1 is 1.47 bits per heavy atom. The van der Waals surface area contributed by atoms with Gasteiger partial charge >= 0.3 is 12.1 Å². The van der Waals surface area contributed by atoms with Crippen molar-refractivity contribution in [2.24, 2.45) is 0 Å². The minimum Gasteiger partial charge on any atom is -0.450 e. The predicted molar refractivity (Wildman–Crippen MR) is 71.6 cm³/mol. The van der Waals surface area contributed by atoms with Gasteiger partial charge < -0.3 is 19.9 Å². The van der Waals surface area contributed by atoms with Crippen molar-refractivity contribution in [1.29, 1.82) is 0 Å². The first kappa shape index (κ1) is 15.2. The average molecular weight is 267 g/mol. The molecule has 0 aromatic carbocycles. The van der Waals surface area contributed by atoms with Gasteiger partial charge in [0.1, 0.15) is 0 Å². The third-order valence-electron chi connectivity index (χ3n) is 3.02. The summed E-state index contributed by atoms with van der Waals surface area (Å²) in [6.07, 6.45) is 6.33. The highest BCUT2D eigenvalue weighted by molar-refractivity contribution is 5.74. The molecule has 0 spiro atoms. The summed E-state index contributed by atoms with van der Waals surface area (Å²) in [5.41, 5.74) is 0. The molecule has 1 N–H and O–H groups in total. The molecule has 0 unspecified atom stereocenters. The number of carbonyl (C=O) groups excluding carboxylic acids is 2. The van der Waals surface area contributed by atoms with E-state index in [0.29, 0.717) is 19.7 Å². The third-order valence-corrected chi connectivity index (χ3v) is 3.02. The maximum absolute atomic E-state index is 11.7. The van der Waals surface area contributed by atoms with Gasteiger partial charge in [-0.1, -0.05) is 5.92 Å². The van der Waals surface area contributed by atoms with Crippen LogP contribution in [-0.2, 0) is 4.74 Å². The van der Waals surface area contributed by atoms with E-state index in [-0.39, 0.29) is 24.7 Å². The number of carbonyl (C=O) groups is 2. The molecule has 1 aliphatic heterocycles. The van der Waals surface area contributed by atoms with Gasteiger partial charge in [-0.25, -0.2) is 9.59 Å². The Bertz CT molecular complexity index is 357. The number of ether oxygens (including phenoxy) is 1. The van der Waals surface area contributed by atoms with Crippen molar-refractivity contribution in [3.63, 3.8) is 0 Å². The van der Waals surface area contributed by atoms with Crippen LogP contribution < -0.4 is 5.32 Å². The van der Waals surface area contributed by atoms with Crippen LogP contribution >= 0.6 is 0 Å². The Labute approximate surface area is 114 Å². The molecule has 0 bridgehead atoms. The Morgan fingerprint density at radius 2 is 2.11 bits per heavy atom. The maximum Gasteiger partial charge on any atom is 0.409 e. The minimum atomic E-state index is -0.281. The first-order valence-corrected chi connectivity index (χ1v) is 6.45.